The van der Waals surface area contributed by atoms with Gasteiger partial charge in [-0.3, -0.25) is 4.79 Å². The van der Waals surface area contributed by atoms with Crippen LogP contribution in [0, 0.1) is 13.8 Å². The normalized spacial score (nSPS) is 18.7. The fourth-order valence-electron chi connectivity index (χ4n) is 3.56. The number of piperidine rings is 1. The van der Waals surface area contributed by atoms with E-state index in [1.165, 1.54) is 5.56 Å². The Kier molecular flexibility index (Phi) is 5.35. The second-order valence-electron chi connectivity index (χ2n) is 7.73. The maximum atomic E-state index is 11.7. The Morgan fingerprint density at radius 2 is 1.81 bits per heavy atom. The summed E-state index contributed by atoms with van der Waals surface area (Å²) in [5.41, 5.74) is 3.95. The standard InChI is InChI=1S/C21H28N4O2/c1-13-17(12-15-6-8-16(27-5)9-7-15)14(2)23-20(22-13)24-18-10-11-19(26)25-21(18,3)4/h6-9,18H,10-12H2,1-5H3,(H,25,26)(H,22,23,24). The first-order chi connectivity index (χ1) is 12.8. The molecule has 1 atom stereocenters. The van der Waals surface area contributed by atoms with Crippen molar-refractivity contribution >= 4 is 11.9 Å². The van der Waals surface area contributed by atoms with Crippen molar-refractivity contribution in [3.8, 4) is 5.75 Å². The van der Waals surface area contributed by atoms with Crippen LogP contribution in [-0.4, -0.2) is 34.6 Å². The zero-order chi connectivity index (χ0) is 19.6. The van der Waals surface area contributed by atoms with Gasteiger partial charge in [-0.2, -0.15) is 0 Å². The molecule has 1 aliphatic heterocycles. The van der Waals surface area contributed by atoms with Gasteiger partial charge in [0, 0.05) is 24.2 Å². The summed E-state index contributed by atoms with van der Waals surface area (Å²) in [6.45, 7) is 8.10. The second-order valence-corrected chi connectivity index (χ2v) is 7.73. The quantitative estimate of drug-likeness (QED) is 0.848. The molecule has 2 aromatic rings. The number of aromatic nitrogens is 2. The fraction of sp³-hybridized carbons (Fsp3) is 0.476. The summed E-state index contributed by atoms with van der Waals surface area (Å²) in [5.74, 6) is 1.57. The molecule has 0 bridgehead atoms. The number of nitrogens with one attached hydrogen (secondary N) is 2. The molecular weight excluding hydrogens is 340 g/mol. The summed E-state index contributed by atoms with van der Waals surface area (Å²) in [4.78, 5) is 21.0. The van der Waals surface area contributed by atoms with Gasteiger partial charge in [-0.15, -0.1) is 0 Å². The van der Waals surface area contributed by atoms with Crippen LogP contribution in [-0.2, 0) is 11.2 Å². The Morgan fingerprint density at radius 3 is 2.37 bits per heavy atom. The minimum atomic E-state index is -0.331. The number of anilines is 1. The van der Waals surface area contributed by atoms with Crippen LogP contribution in [0.2, 0.25) is 0 Å². The fourth-order valence-corrected chi connectivity index (χ4v) is 3.56. The van der Waals surface area contributed by atoms with Crippen molar-refractivity contribution in [2.75, 3.05) is 12.4 Å². The Hall–Kier alpha value is -2.63. The molecule has 0 spiro atoms. The number of aryl methyl sites for hydroxylation is 2. The number of carbonyl (C=O) groups excluding carboxylic acids is 1. The van der Waals surface area contributed by atoms with E-state index in [0.717, 1.165) is 35.5 Å². The van der Waals surface area contributed by atoms with Crippen molar-refractivity contribution in [2.24, 2.45) is 0 Å². The maximum Gasteiger partial charge on any atom is 0.223 e. The second kappa shape index (κ2) is 7.55. The highest BCUT2D eigenvalue weighted by atomic mass is 16.5. The van der Waals surface area contributed by atoms with Gasteiger partial charge in [0.15, 0.2) is 0 Å². The Balaban J connectivity index is 1.77. The Bertz CT molecular complexity index is 808. The number of hydrogen-bond acceptors (Lipinski definition) is 5. The third kappa shape index (κ3) is 4.38. The maximum absolute atomic E-state index is 11.7. The smallest absolute Gasteiger partial charge is 0.223 e. The molecule has 1 fully saturated rings. The van der Waals surface area contributed by atoms with Gasteiger partial charge in [0.25, 0.3) is 0 Å². The molecule has 144 valence electrons. The summed E-state index contributed by atoms with van der Waals surface area (Å²) in [6, 6.07) is 8.17. The molecule has 1 aromatic heterocycles. The summed E-state index contributed by atoms with van der Waals surface area (Å²) < 4.78 is 5.22. The van der Waals surface area contributed by atoms with Gasteiger partial charge in [-0.05, 0) is 57.4 Å². The third-order valence-electron chi connectivity index (χ3n) is 5.26. The van der Waals surface area contributed by atoms with Crippen LogP contribution < -0.4 is 15.4 Å². The van der Waals surface area contributed by atoms with E-state index >= 15 is 0 Å². The zero-order valence-electron chi connectivity index (χ0n) is 16.7. The molecule has 3 rings (SSSR count). The van der Waals surface area contributed by atoms with Crippen molar-refractivity contribution in [3.05, 3.63) is 46.8 Å². The number of carbonyl (C=O) groups is 1. The Morgan fingerprint density at radius 1 is 1.19 bits per heavy atom. The summed E-state index contributed by atoms with van der Waals surface area (Å²) in [5, 5.41) is 6.47. The molecule has 27 heavy (non-hydrogen) atoms. The third-order valence-corrected chi connectivity index (χ3v) is 5.26. The van der Waals surface area contributed by atoms with Crippen LogP contribution in [0.5, 0.6) is 5.75 Å². The molecule has 6 heteroatoms. The zero-order valence-corrected chi connectivity index (χ0v) is 16.7. The van der Waals surface area contributed by atoms with Gasteiger partial charge in [0.05, 0.1) is 18.7 Å². The molecule has 0 radical (unpaired) electrons. The van der Waals surface area contributed by atoms with Gasteiger partial charge < -0.3 is 15.4 Å². The Labute approximate surface area is 160 Å². The highest BCUT2D eigenvalue weighted by molar-refractivity contribution is 5.78. The van der Waals surface area contributed by atoms with Crippen LogP contribution in [0.25, 0.3) is 0 Å². The molecule has 1 aliphatic rings. The van der Waals surface area contributed by atoms with E-state index in [0.29, 0.717) is 12.4 Å². The summed E-state index contributed by atoms with van der Waals surface area (Å²) in [7, 11) is 1.67. The topological polar surface area (TPSA) is 76.1 Å². The molecule has 0 saturated carbocycles. The lowest BCUT2D eigenvalue weighted by molar-refractivity contribution is -0.124. The molecule has 1 amide bonds. The number of benzene rings is 1. The van der Waals surface area contributed by atoms with Crippen LogP contribution in [0.4, 0.5) is 5.95 Å². The molecule has 1 unspecified atom stereocenters. The first kappa shape index (κ1) is 19.1. The van der Waals surface area contributed by atoms with Crippen LogP contribution in [0.15, 0.2) is 24.3 Å². The molecule has 1 saturated heterocycles. The SMILES string of the molecule is COc1ccc(Cc2c(C)nc(NC3CCC(=O)NC3(C)C)nc2C)cc1. The number of ether oxygens (including phenoxy) is 1. The number of rotatable bonds is 5. The average Bonchev–Trinajstić information content (AvgIpc) is 2.61. The van der Waals surface area contributed by atoms with Crippen molar-refractivity contribution < 1.29 is 9.53 Å². The lowest BCUT2D eigenvalue weighted by Gasteiger charge is -2.39. The summed E-state index contributed by atoms with van der Waals surface area (Å²) in [6.07, 6.45) is 2.08. The predicted molar refractivity (Wildman–Crippen MR) is 106 cm³/mol. The van der Waals surface area contributed by atoms with Crippen LogP contribution >= 0.6 is 0 Å². The van der Waals surface area contributed by atoms with Crippen molar-refractivity contribution in [3.63, 3.8) is 0 Å². The molecule has 6 nitrogen and oxygen atoms in total. The molecular formula is C21H28N4O2. The minimum Gasteiger partial charge on any atom is -0.497 e. The molecule has 2 heterocycles. The van der Waals surface area contributed by atoms with Gasteiger partial charge in [-0.1, -0.05) is 12.1 Å². The average molecular weight is 368 g/mol. The number of nitrogens with zero attached hydrogens (tertiary/aromatic N) is 2. The van der Waals surface area contributed by atoms with Crippen LogP contribution in [0.1, 0.15) is 49.2 Å². The van der Waals surface area contributed by atoms with Gasteiger partial charge in [0.1, 0.15) is 5.75 Å². The number of amides is 1. The van der Waals surface area contributed by atoms with Gasteiger partial charge >= 0.3 is 0 Å². The summed E-state index contributed by atoms with van der Waals surface area (Å²) >= 11 is 0. The first-order valence-corrected chi connectivity index (χ1v) is 9.33. The molecule has 1 aromatic carbocycles. The minimum absolute atomic E-state index is 0.0983. The van der Waals surface area contributed by atoms with Crippen molar-refractivity contribution in [2.45, 2.75) is 58.5 Å². The molecule has 2 N–H and O–H groups in total. The lowest BCUT2D eigenvalue weighted by Crippen LogP contribution is -2.58. The van der Waals surface area contributed by atoms with E-state index in [4.69, 9.17) is 4.74 Å². The van der Waals surface area contributed by atoms with Crippen molar-refractivity contribution in [1.82, 2.24) is 15.3 Å². The van der Waals surface area contributed by atoms with Gasteiger partial charge in [-0.25, -0.2) is 9.97 Å². The predicted octanol–water partition coefficient (Wildman–Crippen LogP) is 3.16. The molecule has 0 aliphatic carbocycles. The van der Waals surface area contributed by atoms with Crippen molar-refractivity contribution in [1.29, 1.82) is 0 Å². The van der Waals surface area contributed by atoms with E-state index in [9.17, 15) is 4.79 Å². The lowest BCUT2D eigenvalue weighted by atomic mass is 9.87. The van der Waals surface area contributed by atoms with E-state index in [2.05, 4.69) is 32.7 Å². The van der Waals surface area contributed by atoms with Gasteiger partial charge in [0.2, 0.25) is 11.9 Å². The van der Waals surface area contributed by atoms with E-state index in [-0.39, 0.29) is 17.5 Å². The van der Waals surface area contributed by atoms with E-state index in [1.54, 1.807) is 7.11 Å². The van der Waals surface area contributed by atoms with E-state index < -0.39 is 0 Å². The highest BCUT2D eigenvalue weighted by Gasteiger charge is 2.35. The van der Waals surface area contributed by atoms with E-state index in [1.807, 2.05) is 39.8 Å². The van der Waals surface area contributed by atoms with Crippen LogP contribution in [0.3, 0.4) is 0 Å². The number of methoxy groups -OCH3 is 1. The highest BCUT2D eigenvalue weighted by Crippen LogP contribution is 2.24. The first-order valence-electron chi connectivity index (χ1n) is 9.33. The largest absolute Gasteiger partial charge is 0.497 e. The number of hydrogen-bond donors (Lipinski definition) is 2. The monoisotopic (exact) mass is 368 g/mol.